The van der Waals surface area contributed by atoms with Crippen LogP contribution in [-0.4, -0.2) is 24.5 Å². The fraction of sp³-hybridized carbons (Fsp3) is 0.211. The molecule has 0 fully saturated rings. The summed E-state index contributed by atoms with van der Waals surface area (Å²) in [6.45, 7) is 3.72. The van der Waals surface area contributed by atoms with E-state index in [1.54, 1.807) is 24.6 Å². The maximum atomic E-state index is 13.2. The van der Waals surface area contributed by atoms with Gasteiger partial charge in [0.2, 0.25) is 0 Å². The lowest BCUT2D eigenvalue weighted by Crippen LogP contribution is -2.23. The number of aryl methyl sites for hydroxylation is 1. The summed E-state index contributed by atoms with van der Waals surface area (Å²) >= 11 is 0. The van der Waals surface area contributed by atoms with Crippen LogP contribution in [0.3, 0.4) is 0 Å². The Morgan fingerprint density at radius 1 is 1.08 bits per heavy atom. The highest BCUT2D eigenvalue weighted by atomic mass is 19.1. The van der Waals surface area contributed by atoms with Crippen molar-refractivity contribution < 1.29 is 8.81 Å². The minimum absolute atomic E-state index is 0.239. The second-order valence-electron chi connectivity index (χ2n) is 6.17. The van der Waals surface area contributed by atoms with Gasteiger partial charge in [0.05, 0.1) is 18.5 Å². The molecule has 0 bridgehead atoms. The summed E-state index contributed by atoms with van der Waals surface area (Å²) < 4.78 is 20.6. The summed E-state index contributed by atoms with van der Waals surface area (Å²) in [5, 5.41) is 8.37. The van der Waals surface area contributed by atoms with Gasteiger partial charge in [0.15, 0.2) is 5.65 Å². The van der Waals surface area contributed by atoms with Gasteiger partial charge in [-0.15, -0.1) is 10.2 Å². The average Bonchev–Trinajstić information content (AvgIpc) is 3.28. The molecule has 0 aliphatic heterocycles. The van der Waals surface area contributed by atoms with Crippen LogP contribution in [0.25, 0.3) is 5.65 Å². The summed E-state index contributed by atoms with van der Waals surface area (Å²) in [4.78, 5) is 6.67. The van der Waals surface area contributed by atoms with Gasteiger partial charge in [0.1, 0.15) is 17.4 Å². The van der Waals surface area contributed by atoms with E-state index in [1.165, 1.54) is 12.1 Å². The first kappa shape index (κ1) is 16.4. The fourth-order valence-electron chi connectivity index (χ4n) is 2.95. The molecule has 7 heteroatoms. The minimum atomic E-state index is -0.239. The van der Waals surface area contributed by atoms with Crippen molar-refractivity contribution in [3.8, 4) is 0 Å². The van der Waals surface area contributed by atoms with E-state index in [9.17, 15) is 4.39 Å². The van der Waals surface area contributed by atoms with Gasteiger partial charge in [-0.05, 0) is 36.8 Å². The van der Waals surface area contributed by atoms with Crippen LogP contribution in [0.4, 0.5) is 4.39 Å². The Morgan fingerprint density at radius 3 is 2.69 bits per heavy atom. The van der Waals surface area contributed by atoms with E-state index in [1.807, 2.05) is 29.7 Å². The number of nitrogens with zero attached hydrogens (tertiary/aromatic N) is 5. The van der Waals surface area contributed by atoms with Gasteiger partial charge in [-0.2, -0.15) is 0 Å². The normalized spacial score (nSPS) is 11.5. The molecule has 132 valence electrons. The Kier molecular flexibility index (Phi) is 4.45. The molecule has 0 aliphatic carbocycles. The predicted octanol–water partition coefficient (Wildman–Crippen LogP) is 3.37. The molecular formula is C19H18FN5O. The number of hydrogen-bond donors (Lipinski definition) is 0. The summed E-state index contributed by atoms with van der Waals surface area (Å²) in [5.74, 6) is 1.44. The van der Waals surface area contributed by atoms with Crippen molar-refractivity contribution in [2.75, 3.05) is 0 Å². The van der Waals surface area contributed by atoms with Crippen LogP contribution in [0.15, 0.2) is 59.5 Å². The van der Waals surface area contributed by atoms with Gasteiger partial charge < -0.3 is 4.42 Å². The van der Waals surface area contributed by atoms with Gasteiger partial charge in [-0.3, -0.25) is 14.3 Å². The third kappa shape index (κ3) is 3.48. The Balaban J connectivity index is 1.62. The van der Waals surface area contributed by atoms with Crippen LogP contribution in [-0.2, 0) is 19.6 Å². The molecule has 0 aliphatic rings. The number of aromatic nitrogens is 4. The standard InChI is InChI=1S/C19H18FN5O/c1-14-22-23-19-18(21-8-9-25(14)19)13-24(12-17-3-2-10-26-17)11-15-4-6-16(20)7-5-15/h2-10H,11-13H2,1H3. The monoisotopic (exact) mass is 351 g/mol. The summed E-state index contributed by atoms with van der Waals surface area (Å²) in [6, 6.07) is 10.3. The van der Waals surface area contributed by atoms with E-state index in [4.69, 9.17) is 4.42 Å². The highest BCUT2D eigenvalue weighted by molar-refractivity contribution is 5.43. The van der Waals surface area contributed by atoms with Crippen LogP contribution in [0.2, 0.25) is 0 Å². The Hall–Kier alpha value is -3.06. The smallest absolute Gasteiger partial charge is 0.183 e. The van der Waals surface area contributed by atoms with Gasteiger partial charge >= 0.3 is 0 Å². The molecule has 6 nitrogen and oxygen atoms in total. The van der Waals surface area contributed by atoms with Crippen LogP contribution in [0.5, 0.6) is 0 Å². The van der Waals surface area contributed by atoms with Crippen LogP contribution in [0.1, 0.15) is 22.8 Å². The fourth-order valence-corrected chi connectivity index (χ4v) is 2.95. The number of rotatable bonds is 6. The van der Waals surface area contributed by atoms with E-state index in [-0.39, 0.29) is 5.82 Å². The molecule has 0 amide bonds. The number of halogens is 1. The highest BCUT2D eigenvalue weighted by Crippen LogP contribution is 2.16. The first-order chi connectivity index (χ1) is 12.7. The molecule has 3 aromatic heterocycles. The topological polar surface area (TPSA) is 59.5 Å². The maximum absolute atomic E-state index is 13.2. The highest BCUT2D eigenvalue weighted by Gasteiger charge is 2.15. The molecule has 0 radical (unpaired) electrons. The molecule has 0 unspecified atom stereocenters. The van der Waals surface area contributed by atoms with E-state index in [0.717, 1.165) is 28.5 Å². The van der Waals surface area contributed by atoms with Crippen LogP contribution in [0, 0.1) is 12.7 Å². The van der Waals surface area contributed by atoms with Crippen molar-refractivity contribution in [1.82, 2.24) is 24.5 Å². The van der Waals surface area contributed by atoms with E-state index < -0.39 is 0 Å². The second kappa shape index (κ2) is 7.05. The van der Waals surface area contributed by atoms with Crippen molar-refractivity contribution in [2.24, 2.45) is 0 Å². The number of fused-ring (bicyclic) bond motifs is 1. The van der Waals surface area contributed by atoms with Crippen molar-refractivity contribution in [3.05, 3.63) is 83.7 Å². The van der Waals surface area contributed by atoms with Gasteiger partial charge in [-0.25, -0.2) is 4.39 Å². The summed E-state index contributed by atoms with van der Waals surface area (Å²) in [5.41, 5.74) is 2.60. The van der Waals surface area contributed by atoms with Gasteiger partial charge in [0.25, 0.3) is 0 Å². The van der Waals surface area contributed by atoms with Crippen molar-refractivity contribution in [1.29, 1.82) is 0 Å². The minimum Gasteiger partial charge on any atom is -0.468 e. The van der Waals surface area contributed by atoms with Gasteiger partial charge in [0, 0.05) is 25.5 Å². The zero-order valence-corrected chi connectivity index (χ0v) is 14.3. The molecular weight excluding hydrogens is 333 g/mol. The summed E-state index contributed by atoms with van der Waals surface area (Å²) in [6.07, 6.45) is 5.26. The lowest BCUT2D eigenvalue weighted by molar-refractivity contribution is 0.224. The average molecular weight is 351 g/mol. The molecule has 1 aromatic carbocycles. The lowest BCUT2D eigenvalue weighted by atomic mass is 10.2. The van der Waals surface area contributed by atoms with E-state index in [0.29, 0.717) is 19.6 Å². The van der Waals surface area contributed by atoms with Gasteiger partial charge in [-0.1, -0.05) is 12.1 Å². The van der Waals surface area contributed by atoms with Crippen molar-refractivity contribution >= 4 is 5.65 Å². The van der Waals surface area contributed by atoms with Crippen molar-refractivity contribution in [3.63, 3.8) is 0 Å². The van der Waals surface area contributed by atoms with E-state index >= 15 is 0 Å². The quantitative estimate of drug-likeness (QED) is 0.533. The number of hydrogen-bond acceptors (Lipinski definition) is 5. The number of furan rings is 1. The van der Waals surface area contributed by atoms with Crippen LogP contribution < -0.4 is 0 Å². The molecule has 0 N–H and O–H groups in total. The molecule has 0 saturated carbocycles. The predicted molar refractivity (Wildman–Crippen MR) is 93.6 cm³/mol. The molecule has 0 atom stereocenters. The number of benzene rings is 1. The largest absolute Gasteiger partial charge is 0.468 e. The lowest BCUT2D eigenvalue weighted by Gasteiger charge is -2.21. The first-order valence-electron chi connectivity index (χ1n) is 8.33. The SMILES string of the molecule is Cc1nnc2c(CN(Cc3ccc(F)cc3)Cc3ccco3)nccn12. The molecule has 3 heterocycles. The maximum Gasteiger partial charge on any atom is 0.183 e. The Bertz CT molecular complexity index is 995. The second-order valence-corrected chi connectivity index (χ2v) is 6.17. The Labute approximate surface area is 149 Å². The third-order valence-corrected chi connectivity index (χ3v) is 4.22. The molecule has 0 saturated heterocycles. The van der Waals surface area contributed by atoms with Crippen LogP contribution >= 0.6 is 0 Å². The zero-order chi connectivity index (χ0) is 17.9. The third-order valence-electron chi connectivity index (χ3n) is 4.22. The molecule has 0 spiro atoms. The molecule has 4 rings (SSSR count). The van der Waals surface area contributed by atoms with Crippen molar-refractivity contribution in [2.45, 2.75) is 26.6 Å². The summed E-state index contributed by atoms with van der Waals surface area (Å²) in [7, 11) is 0. The van der Waals surface area contributed by atoms with E-state index in [2.05, 4.69) is 20.1 Å². The molecule has 26 heavy (non-hydrogen) atoms. The zero-order valence-electron chi connectivity index (χ0n) is 14.3. The first-order valence-corrected chi connectivity index (χ1v) is 8.33. The molecule has 4 aromatic rings. The Morgan fingerprint density at radius 2 is 1.92 bits per heavy atom.